The molecule has 2 aromatic carbocycles. The third-order valence-electron chi connectivity index (χ3n) is 5.92. The van der Waals surface area contributed by atoms with E-state index in [0.29, 0.717) is 24.7 Å². The first-order valence-electron chi connectivity index (χ1n) is 11.5. The van der Waals surface area contributed by atoms with Crippen LogP contribution >= 0.6 is 0 Å². The first-order chi connectivity index (χ1) is 16.0. The Labute approximate surface area is 202 Å². The normalized spacial score (nSPS) is 15.9. The molecule has 0 aromatic heterocycles. The Bertz CT molecular complexity index is 1090. The van der Waals surface area contributed by atoms with E-state index in [1.165, 1.54) is 42.3 Å². The molecule has 2 aromatic rings. The zero-order chi connectivity index (χ0) is 24.9. The molecule has 8 nitrogen and oxygen atoms in total. The SMILES string of the molecule is CC(=O)Nc1ccc(S(=O)(=O)N[C@@H](C)C(=O)N2CCN(Cc3ccc(C(C)C)cc3)CC2)cc1. The third-order valence-corrected chi connectivity index (χ3v) is 7.48. The minimum Gasteiger partial charge on any atom is -0.339 e. The Morgan fingerprint density at radius 3 is 2.03 bits per heavy atom. The second kappa shape index (κ2) is 11.1. The Morgan fingerprint density at radius 1 is 0.912 bits per heavy atom. The fraction of sp³-hybridized carbons (Fsp3) is 0.440. The molecule has 1 heterocycles. The van der Waals surface area contributed by atoms with Crippen molar-refractivity contribution in [2.24, 2.45) is 0 Å². The summed E-state index contributed by atoms with van der Waals surface area (Å²) in [6.07, 6.45) is 0. The molecule has 1 atom stereocenters. The molecule has 9 heteroatoms. The minimum atomic E-state index is -3.87. The molecule has 1 fully saturated rings. The fourth-order valence-corrected chi connectivity index (χ4v) is 5.13. The van der Waals surface area contributed by atoms with Gasteiger partial charge >= 0.3 is 0 Å². The third kappa shape index (κ3) is 6.88. The summed E-state index contributed by atoms with van der Waals surface area (Å²) in [6, 6.07) is 13.6. The fourth-order valence-electron chi connectivity index (χ4n) is 3.94. The maximum absolute atomic E-state index is 12.9. The summed E-state index contributed by atoms with van der Waals surface area (Å²) in [4.78, 5) is 28.1. The molecule has 184 valence electrons. The van der Waals surface area contributed by atoms with Crippen molar-refractivity contribution in [3.63, 3.8) is 0 Å². The van der Waals surface area contributed by atoms with E-state index in [9.17, 15) is 18.0 Å². The smallest absolute Gasteiger partial charge is 0.241 e. The Morgan fingerprint density at radius 2 is 1.50 bits per heavy atom. The number of sulfonamides is 1. The first-order valence-corrected chi connectivity index (χ1v) is 13.0. The highest BCUT2D eigenvalue weighted by atomic mass is 32.2. The number of carbonyl (C=O) groups excluding carboxylic acids is 2. The van der Waals surface area contributed by atoms with E-state index in [1.54, 1.807) is 11.8 Å². The second-order valence-corrected chi connectivity index (χ2v) is 10.8. The summed E-state index contributed by atoms with van der Waals surface area (Å²) in [5.74, 6) is 0.0302. The standard InChI is InChI=1S/C25H34N4O4S/c1-18(2)22-7-5-21(6-8-22)17-28-13-15-29(16-14-28)25(31)19(3)27-34(32,33)24-11-9-23(10-12-24)26-20(4)30/h5-12,18-19,27H,13-17H2,1-4H3,(H,26,30)/t19-/m0/s1. The molecular weight excluding hydrogens is 452 g/mol. The van der Waals surface area contributed by atoms with E-state index in [1.807, 2.05) is 0 Å². The number of anilines is 1. The van der Waals surface area contributed by atoms with E-state index in [2.05, 4.69) is 53.1 Å². The number of carbonyl (C=O) groups is 2. The van der Waals surface area contributed by atoms with Crippen LogP contribution in [-0.2, 0) is 26.2 Å². The predicted octanol–water partition coefficient (Wildman–Crippen LogP) is 2.78. The Hall–Kier alpha value is -2.75. The number of benzene rings is 2. The molecule has 2 N–H and O–H groups in total. The average molecular weight is 487 g/mol. The summed E-state index contributed by atoms with van der Waals surface area (Å²) in [7, 11) is -3.87. The summed E-state index contributed by atoms with van der Waals surface area (Å²) in [5, 5.41) is 2.59. The van der Waals surface area contributed by atoms with E-state index < -0.39 is 16.1 Å². The van der Waals surface area contributed by atoms with Crippen molar-refractivity contribution < 1.29 is 18.0 Å². The maximum Gasteiger partial charge on any atom is 0.241 e. The lowest BCUT2D eigenvalue weighted by atomic mass is 10.0. The molecule has 1 aliphatic heterocycles. The number of rotatable bonds is 8. The average Bonchev–Trinajstić information content (AvgIpc) is 2.79. The van der Waals surface area contributed by atoms with Crippen LogP contribution in [0.15, 0.2) is 53.4 Å². The first kappa shape index (κ1) is 25.9. The Kier molecular flexibility index (Phi) is 8.46. The quantitative estimate of drug-likeness (QED) is 0.598. The molecule has 0 radical (unpaired) electrons. The summed E-state index contributed by atoms with van der Waals surface area (Å²) < 4.78 is 27.9. The number of amides is 2. The van der Waals surface area contributed by atoms with Crippen molar-refractivity contribution in [3.05, 3.63) is 59.7 Å². The van der Waals surface area contributed by atoms with Crippen LogP contribution in [0.5, 0.6) is 0 Å². The predicted molar refractivity (Wildman–Crippen MR) is 133 cm³/mol. The van der Waals surface area contributed by atoms with Crippen LogP contribution in [0, 0.1) is 0 Å². The molecule has 0 unspecified atom stereocenters. The lowest BCUT2D eigenvalue weighted by molar-refractivity contribution is -0.134. The van der Waals surface area contributed by atoms with E-state index in [4.69, 9.17) is 0 Å². The van der Waals surface area contributed by atoms with Gasteiger partial charge in [-0.05, 0) is 48.2 Å². The summed E-state index contributed by atoms with van der Waals surface area (Å²) >= 11 is 0. The molecule has 2 amide bonds. The van der Waals surface area contributed by atoms with Crippen molar-refractivity contribution in [1.29, 1.82) is 0 Å². The maximum atomic E-state index is 12.9. The van der Waals surface area contributed by atoms with Gasteiger partial charge in [0.05, 0.1) is 10.9 Å². The van der Waals surface area contributed by atoms with Gasteiger partial charge in [0.15, 0.2) is 0 Å². The van der Waals surface area contributed by atoms with Gasteiger partial charge in [-0.1, -0.05) is 38.1 Å². The zero-order valence-electron chi connectivity index (χ0n) is 20.2. The van der Waals surface area contributed by atoms with Crippen molar-refractivity contribution in [2.45, 2.75) is 51.1 Å². The van der Waals surface area contributed by atoms with Crippen molar-refractivity contribution in [1.82, 2.24) is 14.5 Å². The highest BCUT2D eigenvalue weighted by molar-refractivity contribution is 7.89. The number of hydrogen-bond donors (Lipinski definition) is 2. The van der Waals surface area contributed by atoms with E-state index in [0.717, 1.165) is 19.6 Å². The lowest BCUT2D eigenvalue weighted by Crippen LogP contribution is -2.53. The molecule has 3 rings (SSSR count). The molecular formula is C25H34N4O4S. The van der Waals surface area contributed by atoms with Crippen LogP contribution in [0.2, 0.25) is 0 Å². The van der Waals surface area contributed by atoms with Crippen LogP contribution in [-0.4, -0.2) is 62.3 Å². The Balaban J connectivity index is 1.51. The van der Waals surface area contributed by atoms with Gasteiger partial charge in [0, 0.05) is 45.3 Å². The topological polar surface area (TPSA) is 98.8 Å². The van der Waals surface area contributed by atoms with Crippen LogP contribution in [0.25, 0.3) is 0 Å². The van der Waals surface area contributed by atoms with Gasteiger partial charge in [-0.25, -0.2) is 8.42 Å². The second-order valence-electron chi connectivity index (χ2n) is 9.05. The molecule has 34 heavy (non-hydrogen) atoms. The molecule has 0 aliphatic carbocycles. The highest BCUT2D eigenvalue weighted by Crippen LogP contribution is 2.17. The number of nitrogens with zero attached hydrogens (tertiary/aromatic N) is 2. The number of piperazine rings is 1. The van der Waals surface area contributed by atoms with Crippen LogP contribution in [0.4, 0.5) is 5.69 Å². The summed E-state index contributed by atoms with van der Waals surface area (Å²) in [5.41, 5.74) is 3.07. The van der Waals surface area contributed by atoms with E-state index in [-0.39, 0.29) is 16.7 Å². The molecule has 1 saturated heterocycles. The van der Waals surface area contributed by atoms with E-state index >= 15 is 0 Å². The highest BCUT2D eigenvalue weighted by Gasteiger charge is 2.28. The monoisotopic (exact) mass is 486 g/mol. The van der Waals surface area contributed by atoms with Crippen LogP contribution < -0.4 is 10.0 Å². The molecule has 0 bridgehead atoms. The summed E-state index contributed by atoms with van der Waals surface area (Å²) in [6.45, 7) is 10.7. The van der Waals surface area contributed by atoms with Gasteiger partial charge in [0.2, 0.25) is 21.8 Å². The lowest BCUT2D eigenvalue weighted by Gasteiger charge is -2.36. The van der Waals surface area contributed by atoms with Gasteiger partial charge in [0.25, 0.3) is 0 Å². The van der Waals surface area contributed by atoms with Crippen LogP contribution in [0.1, 0.15) is 44.7 Å². The van der Waals surface area contributed by atoms with Crippen LogP contribution in [0.3, 0.4) is 0 Å². The molecule has 1 aliphatic rings. The van der Waals surface area contributed by atoms with Crippen molar-refractivity contribution in [3.8, 4) is 0 Å². The van der Waals surface area contributed by atoms with Crippen molar-refractivity contribution in [2.75, 3.05) is 31.5 Å². The van der Waals surface area contributed by atoms with Gasteiger partial charge in [-0.15, -0.1) is 0 Å². The minimum absolute atomic E-state index is 0.0366. The number of nitrogens with one attached hydrogen (secondary N) is 2. The number of hydrogen-bond acceptors (Lipinski definition) is 5. The van der Waals surface area contributed by atoms with Gasteiger partial charge in [-0.3, -0.25) is 14.5 Å². The molecule has 0 saturated carbocycles. The van der Waals surface area contributed by atoms with Gasteiger partial charge in [0.1, 0.15) is 0 Å². The largest absolute Gasteiger partial charge is 0.339 e. The van der Waals surface area contributed by atoms with Crippen molar-refractivity contribution >= 4 is 27.5 Å². The zero-order valence-corrected chi connectivity index (χ0v) is 21.1. The van der Waals surface area contributed by atoms with Gasteiger partial charge in [-0.2, -0.15) is 4.72 Å². The van der Waals surface area contributed by atoms with Gasteiger partial charge < -0.3 is 10.2 Å². The molecule has 0 spiro atoms.